The predicted molar refractivity (Wildman–Crippen MR) is 126 cm³/mol. The fourth-order valence-electron chi connectivity index (χ4n) is 4.18. The second-order valence-corrected chi connectivity index (χ2v) is 8.82. The fraction of sp³-hybridized carbons (Fsp3) is 0.429. The lowest BCUT2D eigenvalue weighted by atomic mass is 9.98. The summed E-state index contributed by atoms with van der Waals surface area (Å²) in [5.74, 6) is -2.02. The van der Waals surface area contributed by atoms with Crippen LogP contribution in [0.5, 0.6) is 0 Å². The lowest BCUT2D eigenvalue weighted by molar-refractivity contribution is -0.227. The van der Waals surface area contributed by atoms with Gasteiger partial charge in [-0.1, -0.05) is 49.7 Å². The first-order valence-corrected chi connectivity index (χ1v) is 12.0. The summed E-state index contributed by atoms with van der Waals surface area (Å²) in [4.78, 5) is 0. The van der Waals surface area contributed by atoms with Crippen LogP contribution >= 0.6 is 0 Å². The van der Waals surface area contributed by atoms with Crippen molar-refractivity contribution in [3.63, 3.8) is 0 Å². The van der Waals surface area contributed by atoms with E-state index in [1.165, 1.54) is 12.1 Å². The van der Waals surface area contributed by atoms with Crippen LogP contribution in [-0.4, -0.2) is 32.2 Å². The van der Waals surface area contributed by atoms with Crippen molar-refractivity contribution in [3.05, 3.63) is 82.7 Å². The summed E-state index contributed by atoms with van der Waals surface area (Å²) < 4.78 is 58.9. The number of fused-ring (bicyclic) bond motifs is 1. The van der Waals surface area contributed by atoms with Gasteiger partial charge in [0, 0.05) is 18.4 Å². The molecule has 4 rings (SSSR count). The Labute approximate surface area is 198 Å². The molecule has 0 N–H and O–H groups in total. The van der Waals surface area contributed by atoms with Gasteiger partial charge in [0.25, 0.3) is 0 Å². The zero-order chi connectivity index (χ0) is 23.9. The monoisotopic (exact) mass is 472 g/mol. The van der Waals surface area contributed by atoms with Crippen molar-refractivity contribution in [1.82, 2.24) is 0 Å². The molecule has 0 bridgehead atoms. The molecule has 34 heavy (non-hydrogen) atoms. The molecule has 3 aromatic carbocycles. The van der Waals surface area contributed by atoms with E-state index in [0.717, 1.165) is 49.3 Å². The molecule has 6 heteroatoms. The predicted octanol–water partition coefficient (Wildman–Crippen LogP) is 6.53. The maximum absolute atomic E-state index is 15.1. The highest BCUT2D eigenvalue weighted by molar-refractivity contribution is 5.84. The Bertz CT molecular complexity index is 1090. The summed E-state index contributed by atoms with van der Waals surface area (Å²) in [5, 5.41) is 1.39. The molecular weight excluding hydrogens is 441 g/mol. The van der Waals surface area contributed by atoms with Crippen LogP contribution in [0.15, 0.2) is 48.5 Å². The molecule has 1 heterocycles. The number of unbranched alkanes of at least 4 members (excludes halogenated alkanes) is 1. The minimum absolute atomic E-state index is 0.00252. The van der Waals surface area contributed by atoms with Gasteiger partial charge in [0.05, 0.1) is 13.2 Å². The molecule has 0 aliphatic carbocycles. The number of hydrogen-bond acceptors (Lipinski definition) is 3. The van der Waals surface area contributed by atoms with Gasteiger partial charge in [0.1, 0.15) is 11.9 Å². The number of halogens is 3. The van der Waals surface area contributed by atoms with E-state index in [-0.39, 0.29) is 18.2 Å². The Kier molecular flexibility index (Phi) is 8.59. The molecule has 0 atom stereocenters. The van der Waals surface area contributed by atoms with Crippen molar-refractivity contribution >= 4 is 10.8 Å². The molecule has 0 saturated carbocycles. The summed E-state index contributed by atoms with van der Waals surface area (Å²) >= 11 is 0. The molecule has 3 nitrogen and oxygen atoms in total. The fourth-order valence-corrected chi connectivity index (χ4v) is 4.18. The number of hydrogen-bond donors (Lipinski definition) is 0. The molecule has 0 aromatic heterocycles. The highest BCUT2D eigenvalue weighted by Crippen LogP contribution is 2.25. The van der Waals surface area contributed by atoms with Crippen LogP contribution < -0.4 is 0 Å². The van der Waals surface area contributed by atoms with Crippen LogP contribution in [0.4, 0.5) is 13.2 Å². The van der Waals surface area contributed by atoms with Gasteiger partial charge in [0.2, 0.25) is 0 Å². The van der Waals surface area contributed by atoms with Crippen LogP contribution in [0, 0.1) is 17.5 Å². The second-order valence-electron chi connectivity index (χ2n) is 8.82. The quantitative estimate of drug-likeness (QED) is 0.314. The molecule has 1 aliphatic rings. The summed E-state index contributed by atoms with van der Waals surface area (Å²) in [7, 11) is 0. The van der Waals surface area contributed by atoms with E-state index in [1.54, 1.807) is 12.1 Å². The van der Waals surface area contributed by atoms with Crippen LogP contribution in [0.2, 0.25) is 0 Å². The summed E-state index contributed by atoms with van der Waals surface area (Å²) in [6.45, 7) is 3.96. The van der Waals surface area contributed by atoms with Gasteiger partial charge in [0.15, 0.2) is 17.9 Å². The van der Waals surface area contributed by atoms with Gasteiger partial charge in [-0.25, -0.2) is 13.2 Å². The average Bonchev–Trinajstić information content (AvgIpc) is 2.85. The average molecular weight is 473 g/mol. The Morgan fingerprint density at radius 1 is 0.853 bits per heavy atom. The number of benzene rings is 3. The van der Waals surface area contributed by atoms with Gasteiger partial charge in [-0.05, 0) is 59.9 Å². The summed E-state index contributed by atoms with van der Waals surface area (Å²) in [5.41, 5.74) is 2.29. The van der Waals surface area contributed by atoms with E-state index in [9.17, 15) is 8.78 Å². The van der Waals surface area contributed by atoms with E-state index in [4.69, 9.17) is 14.2 Å². The third-order valence-corrected chi connectivity index (χ3v) is 6.22. The smallest absolute Gasteiger partial charge is 0.159 e. The molecule has 0 amide bonds. The Hall–Kier alpha value is -2.41. The summed E-state index contributed by atoms with van der Waals surface area (Å²) in [6, 6.07) is 13.2. The first kappa shape index (κ1) is 24.7. The van der Waals surface area contributed by atoms with Crippen molar-refractivity contribution < 1.29 is 27.4 Å². The Morgan fingerprint density at radius 3 is 2.38 bits per heavy atom. The van der Waals surface area contributed by atoms with Crippen molar-refractivity contribution in [3.8, 4) is 0 Å². The van der Waals surface area contributed by atoms with E-state index in [0.29, 0.717) is 42.6 Å². The van der Waals surface area contributed by atoms with E-state index >= 15 is 4.39 Å². The SMILES string of the molecule is CCCCOC1COC(CCc2ccc3c(F)c(CCc4ccc(F)c(F)c4)ccc3c2)OC1. The van der Waals surface area contributed by atoms with Gasteiger partial charge in [-0.2, -0.15) is 0 Å². The lowest BCUT2D eigenvalue weighted by Crippen LogP contribution is -2.37. The molecule has 0 spiro atoms. The maximum atomic E-state index is 15.1. The molecule has 0 unspecified atom stereocenters. The first-order valence-electron chi connectivity index (χ1n) is 12.0. The normalized spacial score (nSPS) is 18.5. The van der Waals surface area contributed by atoms with E-state index < -0.39 is 11.6 Å². The van der Waals surface area contributed by atoms with Gasteiger partial charge >= 0.3 is 0 Å². The highest BCUT2D eigenvalue weighted by Gasteiger charge is 2.22. The largest absolute Gasteiger partial charge is 0.373 e. The maximum Gasteiger partial charge on any atom is 0.159 e. The zero-order valence-electron chi connectivity index (χ0n) is 19.5. The Morgan fingerprint density at radius 2 is 1.62 bits per heavy atom. The molecule has 1 aliphatic heterocycles. The first-order chi connectivity index (χ1) is 16.5. The molecule has 1 saturated heterocycles. The minimum atomic E-state index is -0.881. The highest BCUT2D eigenvalue weighted by atomic mass is 19.2. The lowest BCUT2D eigenvalue weighted by Gasteiger charge is -2.29. The molecule has 3 aromatic rings. The molecule has 0 radical (unpaired) electrons. The van der Waals surface area contributed by atoms with Crippen LogP contribution in [0.25, 0.3) is 10.8 Å². The van der Waals surface area contributed by atoms with Gasteiger partial charge in [-0.15, -0.1) is 0 Å². The molecular formula is C28H31F3O3. The second kappa shape index (κ2) is 11.8. The van der Waals surface area contributed by atoms with Crippen LogP contribution in [-0.2, 0) is 33.5 Å². The number of ether oxygens (including phenoxy) is 3. The van der Waals surface area contributed by atoms with E-state index in [1.807, 2.05) is 18.2 Å². The van der Waals surface area contributed by atoms with Crippen molar-refractivity contribution in [2.24, 2.45) is 0 Å². The standard InChI is InChI=1S/C28H31F3O3/c1-2-3-14-32-23-17-33-27(34-18-23)13-7-19-5-11-24-22(15-19)10-9-21(28(24)31)8-4-20-6-12-25(29)26(30)16-20/h5-6,9-12,15-16,23,27H,2-4,7-8,13-14,17-18H2,1H3. The number of aryl methyl sites for hydroxylation is 3. The Balaban J connectivity index is 1.31. The van der Waals surface area contributed by atoms with Crippen LogP contribution in [0.3, 0.4) is 0 Å². The third kappa shape index (κ3) is 6.38. The molecule has 182 valence electrons. The summed E-state index contributed by atoms with van der Waals surface area (Å²) in [6.07, 6.45) is 4.23. The van der Waals surface area contributed by atoms with Crippen LogP contribution in [0.1, 0.15) is 42.9 Å². The molecule has 1 fully saturated rings. The third-order valence-electron chi connectivity index (χ3n) is 6.22. The van der Waals surface area contributed by atoms with Crippen molar-refractivity contribution in [2.75, 3.05) is 19.8 Å². The van der Waals surface area contributed by atoms with Gasteiger partial charge < -0.3 is 14.2 Å². The minimum Gasteiger partial charge on any atom is -0.373 e. The number of rotatable bonds is 10. The topological polar surface area (TPSA) is 27.7 Å². The zero-order valence-corrected chi connectivity index (χ0v) is 19.5. The van der Waals surface area contributed by atoms with E-state index in [2.05, 4.69) is 6.92 Å². The van der Waals surface area contributed by atoms with Crippen molar-refractivity contribution in [2.45, 2.75) is 57.8 Å². The van der Waals surface area contributed by atoms with Gasteiger partial charge in [-0.3, -0.25) is 0 Å². The van der Waals surface area contributed by atoms with Crippen molar-refractivity contribution in [1.29, 1.82) is 0 Å².